The van der Waals surface area contributed by atoms with E-state index in [0.29, 0.717) is 15.5 Å². The normalized spacial score (nSPS) is 11.0. The van der Waals surface area contributed by atoms with Crippen molar-refractivity contribution >= 4 is 27.0 Å². The standard InChI is InChI=1S/C12H7BrF2N4O/c1-19-11-7(4-18-19)12(17-5-16-11)20-9-3-6(13)2-8(14)10(9)15/h2-5H,1H3. The Hall–Kier alpha value is -2.09. The lowest BCUT2D eigenvalue weighted by Gasteiger charge is -2.07. The Morgan fingerprint density at radius 1 is 1.25 bits per heavy atom. The van der Waals surface area contributed by atoms with Crippen molar-refractivity contribution in [2.24, 2.45) is 7.05 Å². The van der Waals surface area contributed by atoms with Gasteiger partial charge in [0.05, 0.1) is 6.20 Å². The second-order valence-electron chi connectivity index (χ2n) is 3.99. The Morgan fingerprint density at radius 3 is 2.85 bits per heavy atom. The van der Waals surface area contributed by atoms with Crippen molar-refractivity contribution in [1.29, 1.82) is 0 Å². The second kappa shape index (κ2) is 4.78. The first kappa shape index (κ1) is 12.9. The minimum Gasteiger partial charge on any atom is -0.435 e. The Morgan fingerprint density at radius 2 is 2.05 bits per heavy atom. The molecule has 0 saturated carbocycles. The summed E-state index contributed by atoms with van der Waals surface area (Å²) < 4.78 is 34.3. The van der Waals surface area contributed by atoms with Crippen LogP contribution in [0.1, 0.15) is 0 Å². The zero-order valence-electron chi connectivity index (χ0n) is 10.1. The van der Waals surface area contributed by atoms with Crippen LogP contribution in [0.5, 0.6) is 11.6 Å². The number of nitrogens with zero attached hydrogens (tertiary/aromatic N) is 4. The highest BCUT2D eigenvalue weighted by molar-refractivity contribution is 9.10. The number of benzene rings is 1. The van der Waals surface area contributed by atoms with E-state index < -0.39 is 11.6 Å². The highest BCUT2D eigenvalue weighted by Gasteiger charge is 2.15. The van der Waals surface area contributed by atoms with Crippen molar-refractivity contribution in [2.45, 2.75) is 0 Å². The monoisotopic (exact) mass is 340 g/mol. The minimum absolute atomic E-state index is 0.111. The molecule has 0 aliphatic rings. The fourth-order valence-electron chi connectivity index (χ4n) is 1.73. The first-order valence-electron chi connectivity index (χ1n) is 5.51. The van der Waals surface area contributed by atoms with Crippen LogP contribution in [0.15, 0.2) is 29.1 Å². The van der Waals surface area contributed by atoms with Gasteiger partial charge in [-0.1, -0.05) is 15.9 Å². The molecule has 2 aromatic heterocycles. The third-order valence-electron chi connectivity index (χ3n) is 2.66. The molecule has 0 bridgehead atoms. The SMILES string of the molecule is Cn1ncc2c(Oc3cc(Br)cc(F)c3F)ncnc21. The zero-order valence-corrected chi connectivity index (χ0v) is 11.7. The maximum atomic E-state index is 13.7. The Balaban J connectivity index is 2.10. The molecule has 0 atom stereocenters. The summed E-state index contributed by atoms with van der Waals surface area (Å²) in [4.78, 5) is 7.96. The lowest BCUT2D eigenvalue weighted by atomic mass is 10.3. The van der Waals surface area contributed by atoms with Crippen molar-refractivity contribution in [3.05, 3.63) is 40.8 Å². The molecule has 0 fully saturated rings. The van der Waals surface area contributed by atoms with Crippen LogP contribution in [-0.4, -0.2) is 19.7 Å². The van der Waals surface area contributed by atoms with Gasteiger partial charge in [0.1, 0.15) is 11.7 Å². The molecule has 102 valence electrons. The first-order valence-corrected chi connectivity index (χ1v) is 6.30. The molecule has 0 aliphatic heterocycles. The largest absolute Gasteiger partial charge is 0.435 e. The summed E-state index contributed by atoms with van der Waals surface area (Å²) in [5.41, 5.74) is 0.533. The zero-order chi connectivity index (χ0) is 14.3. The molecule has 8 heteroatoms. The molecule has 20 heavy (non-hydrogen) atoms. The van der Waals surface area contributed by atoms with Gasteiger partial charge >= 0.3 is 0 Å². The highest BCUT2D eigenvalue weighted by atomic mass is 79.9. The lowest BCUT2D eigenvalue weighted by molar-refractivity contribution is 0.408. The molecule has 0 radical (unpaired) electrons. The summed E-state index contributed by atoms with van der Waals surface area (Å²) in [6, 6.07) is 2.34. The number of fused-ring (bicyclic) bond motifs is 1. The summed E-state index contributed by atoms with van der Waals surface area (Å²) >= 11 is 3.08. The van der Waals surface area contributed by atoms with Crippen LogP contribution >= 0.6 is 15.9 Å². The molecular weight excluding hydrogens is 334 g/mol. The van der Waals surface area contributed by atoms with Gasteiger partial charge in [-0.05, 0) is 12.1 Å². The molecule has 0 amide bonds. The van der Waals surface area contributed by atoms with Crippen LogP contribution in [0.4, 0.5) is 8.78 Å². The summed E-state index contributed by atoms with van der Waals surface area (Å²) in [5, 5.41) is 4.52. The van der Waals surface area contributed by atoms with Gasteiger partial charge in [-0.3, -0.25) is 4.68 Å². The predicted molar refractivity (Wildman–Crippen MR) is 70.4 cm³/mol. The highest BCUT2D eigenvalue weighted by Crippen LogP contribution is 2.31. The Kier molecular flexibility index (Phi) is 3.09. The van der Waals surface area contributed by atoms with Crippen LogP contribution in [0, 0.1) is 11.6 Å². The molecule has 2 heterocycles. The molecule has 0 spiro atoms. The molecule has 3 rings (SSSR count). The lowest BCUT2D eigenvalue weighted by Crippen LogP contribution is -1.96. The van der Waals surface area contributed by atoms with E-state index in [1.54, 1.807) is 7.05 Å². The molecule has 0 aliphatic carbocycles. The summed E-state index contributed by atoms with van der Waals surface area (Å²) in [7, 11) is 1.71. The minimum atomic E-state index is -1.08. The average molecular weight is 341 g/mol. The van der Waals surface area contributed by atoms with Crippen molar-refractivity contribution in [3.8, 4) is 11.6 Å². The van der Waals surface area contributed by atoms with Crippen molar-refractivity contribution in [1.82, 2.24) is 19.7 Å². The number of hydrogen-bond donors (Lipinski definition) is 0. The van der Waals surface area contributed by atoms with Gasteiger partial charge in [-0.25, -0.2) is 14.4 Å². The predicted octanol–water partition coefficient (Wildman–Crippen LogP) is 3.20. The molecule has 0 unspecified atom stereocenters. The van der Waals surface area contributed by atoms with E-state index in [2.05, 4.69) is 31.0 Å². The fraction of sp³-hybridized carbons (Fsp3) is 0.0833. The summed E-state index contributed by atoms with van der Waals surface area (Å²) in [6.45, 7) is 0. The van der Waals surface area contributed by atoms with E-state index in [-0.39, 0.29) is 11.6 Å². The van der Waals surface area contributed by atoms with Crippen LogP contribution < -0.4 is 4.74 Å². The van der Waals surface area contributed by atoms with E-state index in [1.807, 2.05) is 0 Å². The molecule has 0 saturated heterocycles. The third-order valence-corrected chi connectivity index (χ3v) is 3.12. The molecule has 1 aromatic carbocycles. The molecule has 5 nitrogen and oxygen atoms in total. The Bertz CT molecular complexity index is 805. The first-order chi connectivity index (χ1) is 9.56. The summed E-state index contributed by atoms with van der Waals surface area (Å²) in [5.74, 6) is -2.24. The van der Waals surface area contributed by atoms with Crippen LogP contribution in [-0.2, 0) is 7.05 Å². The van der Waals surface area contributed by atoms with Gasteiger partial charge in [0.25, 0.3) is 0 Å². The Labute approximate surface area is 120 Å². The van der Waals surface area contributed by atoms with Crippen molar-refractivity contribution in [3.63, 3.8) is 0 Å². The van der Waals surface area contributed by atoms with E-state index in [9.17, 15) is 8.78 Å². The second-order valence-corrected chi connectivity index (χ2v) is 4.90. The molecule has 0 N–H and O–H groups in total. The number of hydrogen-bond acceptors (Lipinski definition) is 4. The maximum absolute atomic E-state index is 13.7. The fourth-order valence-corrected chi connectivity index (χ4v) is 2.14. The average Bonchev–Trinajstić information content (AvgIpc) is 2.78. The van der Waals surface area contributed by atoms with Crippen LogP contribution in [0.3, 0.4) is 0 Å². The smallest absolute Gasteiger partial charge is 0.233 e. The number of aryl methyl sites for hydroxylation is 1. The molecule has 3 aromatic rings. The van der Waals surface area contributed by atoms with Gasteiger partial charge in [0, 0.05) is 11.5 Å². The van der Waals surface area contributed by atoms with Crippen LogP contribution in [0.25, 0.3) is 11.0 Å². The summed E-state index contributed by atoms with van der Waals surface area (Å²) in [6.07, 6.45) is 2.77. The van der Waals surface area contributed by atoms with Crippen LogP contribution in [0.2, 0.25) is 0 Å². The van der Waals surface area contributed by atoms with E-state index in [4.69, 9.17) is 4.74 Å². The van der Waals surface area contributed by atoms with Crippen molar-refractivity contribution in [2.75, 3.05) is 0 Å². The number of halogens is 3. The number of aromatic nitrogens is 4. The van der Waals surface area contributed by atoms with Gasteiger partial charge in [0.2, 0.25) is 11.7 Å². The number of ether oxygens (including phenoxy) is 1. The van der Waals surface area contributed by atoms with E-state index in [1.165, 1.54) is 23.3 Å². The molecular formula is C12H7BrF2N4O. The number of rotatable bonds is 2. The van der Waals surface area contributed by atoms with Gasteiger partial charge in [-0.15, -0.1) is 0 Å². The van der Waals surface area contributed by atoms with Crippen molar-refractivity contribution < 1.29 is 13.5 Å². The quantitative estimate of drug-likeness (QED) is 0.672. The third kappa shape index (κ3) is 2.11. The van der Waals surface area contributed by atoms with Gasteiger partial charge < -0.3 is 4.74 Å². The maximum Gasteiger partial charge on any atom is 0.233 e. The van der Waals surface area contributed by atoms with Gasteiger partial charge in [-0.2, -0.15) is 9.49 Å². The topological polar surface area (TPSA) is 52.8 Å². The van der Waals surface area contributed by atoms with Gasteiger partial charge in [0.15, 0.2) is 17.2 Å². The van der Waals surface area contributed by atoms with E-state index >= 15 is 0 Å². The van der Waals surface area contributed by atoms with E-state index in [0.717, 1.165) is 6.07 Å².